The normalized spacial score (nSPS) is 17.5. The Morgan fingerprint density at radius 3 is 2.36 bits per heavy atom. The van der Waals surface area contributed by atoms with Crippen LogP contribution in [0.3, 0.4) is 0 Å². The van der Waals surface area contributed by atoms with Crippen molar-refractivity contribution in [2.24, 2.45) is 5.92 Å². The minimum Gasteiger partial charge on any atom is -0.497 e. The molecule has 1 aliphatic rings. The standard InChI is InChI=1S/C22H27NO3.C2HF3O2/c1-15-5-4-6-17(11-15)22-18(13-23(2)14-21(24)25)8-7-16-12-19(26-3)9-10-20(16)22;3-2(4,5)1(6)7/h4-6,9-12,18,22H,7-8,13-14H2,1-3H3,(H,24,25);(H,6,7)/t18-,22+;/m1./s1. The number of carboxylic acids is 2. The van der Waals surface area contributed by atoms with Gasteiger partial charge in [-0.3, -0.25) is 9.69 Å². The van der Waals surface area contributed by atoms with E-state index in [0.29, 0.717) is 5.92 Å². The number of methoxy groups -OCH3 is 1. The lowest BCUT2D eigenvalue weighted by Gasteiger charge is -2.36. The summed E-state index contributed by atoms with van der Waals surface area (Å²) in [6, 6.07) is 15.0. The Hall–Kier alpha value is -3.07. The molecule has 2 N–H and O–H groups in total. The molecule has 0 saturated heterocycles. The molecule has 0 aromatic heterocycles. The summed E-state index contributed by atoms with van der Waals surface area (Å²) in [6.45, 7) is 2.97. The molecule has 3 rings (SSSR count). The first-order chi connectivity index (χ1) is 15.4. The number of carboxylic acid groups (broad SMARTS) is 2. The number of fused-ring (bicyclic) bond motifs is 1. The Labute approximate surface area is 190 Å². The van der Waals surface area contributed by atoms with Crippen LogP contribution in [0, 0.1) is 12.8 Å². The van der Waals surface area contributed by atoms with Gasteiger partial charge in [-0.25, -0.2) is 4.79 Å². The molecule has 0 saturated carbocycles. The van der Waals surface area contributed by atoms with Crippen LogP contribution in [0.2, 0.25) is 0 Å². The summed E-state index contributed by atoms with van der Waals surface area (Å²) in [7, 11) is 3.59. The lowest BCUT2D eigenvalue weighted by molar-refractivity contribution is -0.192. The highest BCUT2D eigenvalue weighted by atomic mass is 19.4. The maximum Gasteiger partial charge on any atom is 0.490 e. The monoisotopic (exact) mass is 467 g/mol. The van der Waals surface area contributed by atoms with Crippen molar-refractivity contribution in [2.45, 2.75) is 31.9 Å². The average Bonchev–Trinajstić information content (AvgIpc) is 2.72. The Morgan fingerprint density at radius 2 is 1.82 bits per heavy atom. The summed E-state index contributed by atoms with van der Waals surface area (Å²) >= 11 is 0. The van der Waals surface area contributed by atoms with Crippen LogP contribution in [0.25, 0.3) is 0 Å². The third-order valence-electron chi connectivity index (χ3n) is 5.54. The van der Waals surface area contributed by atoms with Gasteiger partial charge in [-0.1, -0.05) is 35.9 Å². The van der Waals surface area contributed by atoms with E-state index in [2.05, 4.69) is 43.3 Å². The van der Waals surface area contributed by atoms with Gasteiger partial charge in [-0.2, -0.15) is 13.2 Å². The van der Waals surface area contributed by atoms with Crippen molar-refractivity contribution in [1.29, 1.82) is 0 Å². The molecule has 0 amide bonds. The molecule has 2 aromatic carbocycles. The maximum absolute atomic E-state index is 11.1. The van der Waals surface area contributed by atoms with Gasteiger partial charge < -0.3 is 14.9 Å². The van der Waals surface area contributed by atoms with E-state index in [1.807, 2.05) is 18.0 Å². The average molecular weight is 467 g/mol. The summed E-state index contributed by atoms with van der Waals surface area (Å²) in [4.78, 5) is 21.9. The predicted molar refractivity (Wildman–Crippen MR) is 117 cm³/mol. The van der Waals surface area contributed by atoms with Gasteiger partial charge >= 0.3 is 18.1 Å². The van der Waals surface area contributed by atoms with Crippen LogP contribution in [0.4, 0.5) is 13.2 Å². The first-order valence-corrected chi connectivity index (χ1v) is 10.4. The minimum absolute atomic E-state index is 0.0759. The van der Waals surface area contributed by atoms with E-state index in [4.69, 9.17) is 19.7 Å². The second-order valence-corrected chi connectivity index (χ2v) is 8.15. The Kier molecular flexibility index (Phi) is 8.87. The topological polar surface area (TPSA) is 87.1 Å². The van der Waals surface area contributed by atoms with Crippen LogP contribution in [0.15, 0.2) is 42.5 Å². The highest BCUT2D eigenvalue weighted by molar-refractivity contribution is 5.73. The number of benzene rings is 2. The molecule has 0 fully saturated rings. The van der Waals surface area contributed by atoms with Gasteiger partial charge in [-0.15, -0.1) is 0 Å². The molecule has 2 aromatic rings. The lowest BCUT2D eigenvalue weighted by Crippen LogP contribution is -2.35. The molecule has 6 nitrogen and oxygen atoms in total. The Balaban J connectivity index is 0.000000479. The van der Waals surface area contributed by atoms with Crippen LogP contribution < -0.4 is 4.74 Å². The van der Waals surface area contributed by atoms with Crippen molar-refractivity contribution >= 4 is 11.9 Å². The van der Waals surface area contributed by atoms with E-state index in [0.717, 1.165) is 25.1 Å². The van der Waals surface area contributed by atoms with Gasteiger partial charge in [0.05, 0.1) is 13.7 Å². The van der Waals surface area contributed by atoms with Crippen molar-refractivity contribution in [3.05, 3.63) is 64.7 Å². The summed E-state index contributed by atoms with van der Waals surface area (Å²) in [6.07, 6.45) is -3.04. The van der Waals surface area contributed by atoms with Crippen molar-refractivity contribution in [1.82, 2.24) is 4.90 Å². The number of hydrogen-bond donors (Lipinski definition) is 2. The molecule has 33 heavy (non-hydrogen) atoms. The SMILES string of the molecule is COc1ccc2c(c1)CC[C@H](CN(C)CC(=O)O)[C@@H]2c1cccc(C)c1.O=C(O)C(F)(F)F. The Bertz CT molecular complexity index is 977. The van der Waals surface area contributed by atoms with Crippen molar-refractivity contribution in [2.75, 3.05) is 27.2 Å². The number of ether oxygens (including phenoxy) is 1. The predicted octanol–water partition coefficient (Wildman–Crippen LogP) is 4.35. The first-order valence-electron chi connectivity index (χ1n) is 10.4. The lowest BCUT2D eigenvalue weighted by atomic mass is 9.71. The fourth-order valence-corrected chi connectivity index (χ4v) is 4.20. The number of carbonyl (C=O) groups is 2. The molecular formula is C24H28F3NO5. The van der Waals surface area contributed by atoms with Crippen LogP contribution >= 0.6 is 0 Å². The first kappa shape index (κ1) is 26.2. The molecule has 0 spiro atoms. The molecule has 0 aliphatic heterocycles. The second-order valence-electron chi connectivity index (χ2n) is 8.15. The van der Waals surface area contributed by atoms with E-state index in [9.17, 15) is 18.0 Å². The fraction of sp³-hybridized carbons (Fsp3) is 0.417. The largest absolute Gasteiger partial charge is 0.497 e. The molecule has 0 radical (unpaired) electrons. The molecule has 0 bridgehead atoms. The van der Waals surface area contributed by atoms with Gasteiger partial charge in [0.1, 0.15) is 5.75 Å². The zero-order valence-electron chi connectivity index (χ0n) is 18.7. The third-order valence-corrected chi connectivity index (χ3v) is 5.54. The van der Waals surface area contributed by atoms with E-state index < -0.39 is 18.1 Å². The molecule has 0 unspecified atom stereocenters. The second kappa shape index (κ2) is 11.2. The quantitative estimate of drug-likeness (QED) is 0.657. The summed E-state index contributed by atoms with van der Waals surface area (Å²) in [5.74, 6) is -1.97. The third kappa shape index (κ3) is 7.49. The highest BCUT2D eigenvalue weighted by Crippen LogP contribution is 2.42. The van der Waals surface area contributed by atoms with Crippen LogP contribution in [0.5, 0.6) is 5.75 Å². The fourth-order valence-electron chi connectivity index (χ4n) is 4.20. The van der Waals surface area contributed by atoms with Crippen LogP contribution in [-0.2, 0) is 16.0 Å². The number of aliphatic carboxylic acids is 2. The van der Waals surface area contributed by atoms with E-state index in [-0.39, 0.29) is 12.5 Å². The number of hydrogen-bond acceptors (Lipinski definition) is 4. The van der Waals surface area contributed by atoms with Gasteiger partial charge in [0.2, 0.25) is 0 Å². The van der Waals surface area contributed by atoms with E-state index in [1.54, 1.807) is 7.11 Å². The summed E-state index contributed by atoms with van der Waals surface area (Å²) in [5.41, 5.74) is 5.25. The van der Waals surface area contributed by atoms with Crippen molar-refractivity contribution in [3.8, 4) is 5.75 Å². The van der Waals surface area contributed by atoms with Crippen molar-refractivity contribution < 1.29 is 37.7 Å². The zero-order chi connectivity index (χ0) is 24.8. The highest BCUT2D eigenvalue weighted by Gasteiger charge is 2.38. The summed E-state index contributed by atoms with van der Waals surface area (Å²) in [5, 5.41) is 16.2. The van der Waals surface area contributed by atoms with Crippen molar-refractivity contribution in [3.63, 3.8) is 0 Å². The number of alkyl halides is 3. The molecule has 1 aliphatic carbocycles. The van der Waals surface area contributed by atoms with Gasteiger partial charge in [-0.05, 0) is 61.6 Å². The van der Waals surface area contributed by atoms with Gasteiger partial charge in [0, 0.05) is 12.5 Å². The molecule has 2 atom stereocenters. The molecular weight excluding hydrogens is 439 g/mol. The minimum atomic E-state index is -5.08. The number of likely N-dealkylation sites (N-methyl/N-ethyl adjacent to an activating group) is 1. The molecule has 0 heterocycles. The number of halogens is 3. The number of aryl methyl sites for hydroxylation is 2. The van der Waals surface area contributed by atoms with Gasteiger partial charge in [0.25, 0.3) is 0 Å². The Morgan fingerprint density at radius 1 is 1.15 bits per heavy atom. The number of nitrogens with zero attached hydrogens (tertiary/aromatic N) is 1. The van der Waals surface area contributed by atoms with Crippen LogP contribution in [0.1, 0.15) is 34.6 Å². The maximum atomic E-state index is 11.1. The zero-order valence-corrected chi connectivity index (χ0v) is 18.7. The molecule has 180 valence electrons. The smallest absolute Gasteiger partial charge is 0.490 e. The van der Waals surface area contributed by atoms with Crippen LogP contribution in [-0.4, -0.2) is 60.5 Å². The van der Waals surface area contributed by atoms with E-state index >= 15 is 0 Å². The van der Waals surface area contributed by atoms with E-state index in [1.165, 1.54) is 22.3 Å². The molecule has 9 heteroatoms. The van der Waals surface area contributed by atoms with Gasteiger partial charge in [0.15, 0.2) is 0 Å². The number of rotatable bonds is 6. The summed E-state index contributed by atoms with van der Waals surface area (Å²) < 4.78 is 37.1.